The third kappa shape index (κ3) is 1.96. The molecule has 0 saturated heterocycles. The Hall–Kier alpha value is -2.73. The fourth-order valence-electron chi connectivity index (χ4n) is 2.48. The van der Waals surface area contributed by atoms with Gasteiger partial charge in [-0.15, -0.1) is 10.2 Å². The molecule has 1 aromatic carbocycles. The number of pyridine rings is 1. The first kappa shape index (κ1) is 13.0. The van der Waals surface area contributed by atoms with Crippen LogP contribution in [0.3, 0.4) is 0 Å². The molecule has 0 aliphatic carbocycles. The lowest BCUT2D eigenvalue weighted by Gasteiger charge is -2.10. The molecule has 0 atom stereocenters. The van der Waals surface area contributed by atoms with E-state index in [0.29, 0.717) is 22.7 Å². The van der Waals surface area contributed by atoms with Crippen molar-refractivity contribution in [1.82, 2.24) is 24.1 Å². The molecule has 22 heavy (non-hydrogen) atoms. The minimum atomic E-state index is -0.199. The summed E-state index contributed by atoms with van der Waals surface area (Å²) in [6, 6.07) is 11.1. The molecule has 4 aromatic rings. The SMILES string of the molecule is O=c1n(Cc2ccc(Cl)cc2)c2cccnc2c2nncn12. The highest BCUT2D eigenvalue weighted by Gasteiger charge is 2.12. The van der Waals surface area contributed by atoms with Crippen LogP contribution in [-0.2, 0) is 6.54 Å². The Balaban J connectivity index is 2.00. The van der Waals surface area contributed by atoms with Gasteiger partial charge in [0, 0.05) is 11.2 Å². The highest BCUT2D eigenvalue weighted by molar-refractivity contribution is 6.30. The molecule has 108 valence electrons. The summed E-state index contributed by atoms with van der Waals surface area (Å²) in [6.45, 7) is 0.423. The second-order valence-corrected chi connectivity index (χ2v) is 5.33. The molecule has 3 heterocycles. The molecule has 0 aliphatic heterocycles. The largest absolute Gasteiger partial charge is 0.336 e. The molecule has 0 N–H and O–H groups in total. The average Bonchev–Trinajstić information content (AvgIpc) is 3.03. The molecular formula is C15H10ClN5O. The van der Waals surface area contributed by atoms with Gasteiger partial charge < -0.3 is 0 Å². The number of halogens is 1. The van der Waals surface area contributed by atoms with Crippen molar-refractivity contribution in [3.63, 3.8) is 0 Å². The molecule has 0 radical (unpaired) electrons. The van der Waals surface area contributed by atoms with Crippen LogP contribution in [-0.4, -0.2) is 24.1 Å². The molecule has 0 bridgehead atoms. The standard InChI is InChI=1S/C15H10ClN5O/c16-11-5-3-10(4-6-11)8-20-12-2-1-7-17-13(12)14-19-18-9-21(14)15(20)22/h1-7,9H,8H2. The monoisotopic (exact) mass is 311 g/mol. The van der Waals surface area contributed by atoms with Gasteiger partial charge in [0.15, 0.2) is 5.65 Å². The van der Waals surface area contributed by atoms with Crippen LogP contribution < -0.4 is 5.69 Å². The summed E-state index contributed by atoms with van der Waals surface area (Å²) in [6.07, 6.45) is 3.08. The number of benzene rings is 1. The van der Waals surface area contributed by atoms with E-state index in [1.807, 2.05) is 18.2 Å². The van der Waals surface area contributed by atoms with E-state index in [1.165, 1.54) is 10.7 Å². The van der Waals surface area contributed by atoms with Crippen molar-refractivity contribution in [1.29, 1.82) is 0 Å². The maximum Gasteiger partial charge on any atom is 0.336 e. The van der Waals surface area contributed by atoms with Crippen LogP contribution in [0.4, 0.5) is 0 Å². The molecular weight excluding hydrogens is 302 g/mol. The van der Waals surface area contributed by atoms with Crippen molar-refractivity contribution in [2.24, 2.45) is 0 Å². The van der Waals surface area contributed by atoms with E-state index in [4.69, 9.17) is 11.6 Å². The Morgan fingerprint density at radius 1 is 1.14 bits per heavy atom. The number of rotatable bonds is 2. The van der Waals surface area contributed by atoms with E-state index < -0.39 is 0 Å². The van der Waals surface area contributed by atoms with Gasteiger partial charge >= 0.3 is 5.69 Å². The lowest BCUT2D eigenvalue weighted by Crippen LogP contribution is -2.27. The van der Waals surface area contributed by atoms with Crippen molar-refractivity contribution < 1.29 is 0 Å². The van der Waals surface area contributed by atoms with Crippen LogP contribution >= 0.6 is 11.6 Å². The van der Waals surface area contributed by atoms with Gasteiger partial charge in [0.1, 0.15) is 11.8 Å². The van der Waals surface area contributed by atoms with E-state index in [0.717, 1.165) is 11.1 Å². The van der Waals surface area contributed by atoms with Crippen molar-refractivity contribution in [3.8, 4) is 0 Å². The van der Waals surface area contributed by atoms with E-state index in [2.05, 4.69) is 15.2 Å². The van der Waals surface area contributed by atoms with E-state index in [1.54, 1.807) is 29.0 Å². The number of aromatic nitrogens is 5. The molecule has 0 spiro atoms. The van der Waals surface area contributed by atoms with Crippen LogP contribution in [0, 0.1) is 0 Å². The first-order valence-electron chi connectivity index (χ1n) is 6.66. The highest BCUT2D eigenvalue weighted by atomic mass is 35.5. The fraction of sp³-hybridized carbons (Fsp3) is 0.0667. The van der Waals surface area contributed by atoms with Gasteiger partial charge in [0.05, 0.1) is 12.1 Å². The van der Waals surface area contributed by atoms with Gasteiger partial charge in [-0.25, -0.2) is 9.20 Å². The van der Waals surface area contributed by atoms with Crippen molar-refractivity contribution in [2.75, 3.05) is 0 Å². The van der Waals surface area contributed by atoms with E-state index in [-0.39, 0.29) is 5.69 Å². The highest BCUT2D eigenvalue weighted by Crippen LogP contribution is 2.16. The summed E-state index contributed by atoms with van der Waals surface area (Å²) in [5, 5.41) is 8.47. The second kappa shape index (κ2) is 4.92. The van der Waals surface area contributed by atoms with Crippen LogP contribution in [0.2, 0.25) is 5.02 Å². The zero-order valence-corrected chi connectivity index (χ0v) is 12.1. The molecule has 6 nitrogen and oxygen atoms in total. The Kier molecular flexibility index (Phi) is 2.90. The number of hydrogen-bond acceptors (Lipinski definition) is 4. The summed E-state index contributed by atoms with van der Waals surface area (Å²) in [5.41, 5.74) is 2.61. The van der Waals surface area contributed by atoms with Gasteiger partial charge in [-0.1, -0.05) is 23.7 Å². The van der Waals surface area contributed by atoms with Crippen LogP contribution in [0.5, 0.6) is 0 Å². The zero-order chi connectivity index (χ0) is 15.1. The summed E-state index contributed by atoms with van der Waals surface area (Å²) in [5.74, 6) is 0. The predicted molar refractivity (Wildman–Crippen MR) is 83.1 cm³/mol. The minimum absolute atomic E-state index is 0.199. The smallest absolute Gasteiger partial charge is 0.287 e. The number of nitrogens with zero attached hydrogens (tertiary/aromatic N) is 5. The summed E-state index contributed by atoms with van der Waals surface area (Å²) < 4.78 is 3.06. The summed E-state index contributed by atoms with van der Waals surface area (Å²) >= 11 is 5.91. The maximum absolute atomic E-state index is 12.7. The molecule has 0 amide bonds. The molecule has 0 unspecified atom stereocenters. The second-order valence-electron chi connectivity index (χ2n) is 4.89. The first-order valence-corrected chi connectivity index (χ1v) is 7.03. The Bertz CT molecular complexity index is 1040. The first-order chi connectivity index (χ1) is 10.7. The molecule has 0 fully saturated rings. The molecule has 4 rings (SSSR count). The predicted octanol–water partition coefficient (Wildman–Crippen LogP) is 2.14. The van der Waals surface area contributed by atoms with Gasteiger partial charge in [-0.05, 0) is 29.8 Å². The topological polar surface area (TPSA) is 65.1 Å². The van der Waals surface area contributed by atoms with Crippen LogP contribution in [0.15, 0.2) is 53.7 Å². The van der Waals surface area contributed by atoms with E-state index >= 15 is 0 Å². The third-order valence-corrected chi connectivity index (χ3v) is 3.78. The molecule has 3 aromatic heterocycles. The fourth-order valence-corrected chi connectivity index (χ4v) is 2.61. The number of hydrogen-bond donors (Lipinski definition) is 0. The molecule has 0 aliphatic rings. The quantitative estimate of drug-likeness (QED) is 0.569. The van der Waals surface area contributed by atoms with Crippen molar-refractivity contribution in [2.45, 2.75) is 6.54 Å². The lowest BCUT2D eigenvalue weighted by atomic mass is 10.2. The Morgan fingerprint density at radius 2 is 1.95 bits per heavy atom. The van der Waals surface area contributed by atoms with E-state index in [9.17, 15) is 4.79 Å². The van der Waals surface area contributed by atoms with Crippen molar-refractivity contribution in [3.05, 3.63) is 70.0 Å². The minimum Gasteiger partial charge on any atom is -0.287 e. The Labute approximate surface area is 129 Å². The lowest BCUT2D eigenvalue weighted by molar-refractivity contribution is 0.744. The molecule has 7 heteroatoms. The van der Waals surface area contributed by atoms with Gasteiger partial charge in [0.25, 0.3) is 0 Å². The summed E-state index contributed by atoms with van der Waals surface area (Å²) in [4.78, 5) is 17.0. The van der Waals surface area contributed by atoms with Gasteiger partial charge in [-0.3, -0.25) is 9.55 Å². The normalized spacial score (nSPS) is 11.3. The third-order valence-electron chi connectivity index (χ3n) is 3.53. The Morgan fingerprint density at radius 3 is 2.77 bits per heavy atom. The summed E-state index contributed by atoms with van der Waals surface area (Å²) in [7, 11) is 0. The number of fused-ring (bicyclic) bond motifs is 3. The maximum atomic E-state index is 12.7. The van der Waals surface area contributed by atoms with Gasteiger partial charge in [0.2, 0.25) is 0 Å². The zero-order valence-electron chi connectivity index (χ0n) is 11.3. The molecule has 0 saturated carbocycles. The van der Waals surface area contributed by atoms with Gasteiger partial charge in [-0.2, -0.15) is 0 Å². The van der Waals surface area contributed by atoms with Crippen LogP contribution in [0.1, 0.15) is 5.56 Å². The average molecular weight is 312 g/mol. The van der Waals surface area contributed by atoms with Crippen LogP contribution in [0.25, 0.3) is 16.7 Å². The van der Waals surface area contributed by atoms with Crippen molar-refractivity contribution >= 4 is 28.3 Å².